The summed E-state index contributed by atoms with van der Waals surface area (Å²) in [6.07, 6.45) is 4.79. The molecule has 0 radical (unpaired) electrons. The zero-order valence-corrected chi connectivity index (χ0v) is 14.7. The van der Waals surface area contributed by atoms with Gasteiger partial charge in [0.1, 0.15) is 0 Å². The van der Waals surface area contributed by atoms with E-state index in [0.29, 0.717) is 32.5 Å². The lowest BCUT2D eigenvalue weighted by atomic mass is 9.97. The number of amides is 2. The molecule has 0 saturated carbocycles. The third-order valence-corrected chi connectivity index (χ3v) is 4.23. The number of carbonyl (C=O) groups is 2. The van der Waals surface area contributed by atoms with Gasteiger partial charge in [0.2, 0.25) is 0 Å². The maximum Gasteiger partial charge on any atom is 0.321 e. The molecule has 2 rings (SSSR count). The summed E-state index contributed by atoms with van der Waals surface area (Å²) >= 11 is 3.41. The summed E-state index contributed by atoms with van der Waals surface area (Å²) in [4.78, 5) is 25.5. The standard InChI is InChI=1S/C17H21BrN2O3/c1-2-23-16(21)14-7-10-20(11-8-14)17(22)19-9-6-13-4-3-5-15(18)12-13/h3-6,9,12,14H,2,7-8,10-11H2,1H3,(H,19,22)/b9-6+. The number of nitrogens with zero attached hydrogens (tertiary/aromatic N) is 1. The van der Waals surface area contributed by atoms with Gasteiger partial charge in [-0.3, -0.25) is 4.79 Å². The van der Waals surface area contributed by atoms with Crippen LogP contribution in [-0.2, 0) is 9.53 Å². The van der Waals surface area contributed by atoms with Crippen molar-refractivity contribution in [2.24, 2.45) is 5.92 Å². The van der Waals surface area contributed by atoms with Crippen LogP contribution in [0.25, 0.3) is 6.08 Å². The van der Waals surface area contributed by atoms with Crippen LogP contribution in [0.2, 0.25) is 0 Å². The lowest BCUT2D eigenvalue weighted by Crippen LogP contribution is -2.44. The molecule has 0 aromatic heterocycles. The Bertz CT molecular complexity index is 581. The van der Waals surface area contributed by atoms with Gasteiger partial charge in [-0.1, -0.05) is 28.1 Å². The van der Waals surface area contributed by atoms with E-state index in [-0.39, 0.29) is 17.9 Å². The zero-order chi connectivity index (χ0) is 16.7. The Labute approximate surface area is 144 Å². The fourth-order valence-electron chi connectivity index (χ4n) is 2.49. The Morgan fingerprint density at radius 3 is 2.78 bits per heavy atom. The molecule has 0 bridgehead atoms. The van der Waals surface area contributed by atoms with Gasteiger partial charge in [0.25, 0.3) is 0 Å². The van der Waals surface area contributed by atoms with Gasteiger partial charge in [0, 0.05) is 23.8 Å². The van der Waals surface area contributed by atoms with Crippen molar-refractivity contribution in [2.75, 3.05) is 19.7 Å². The predicted molar refractivity (Wildman–Crippen MR) is 92.6 cm³/mol. The SMILES string of the molecule is CCOC(=O)C1CCN(C(=O)N/C=C/c2cccc(Br)c2)CC1. The average Bonchev–Trinajstić information content (AvgIpc) is 2.55. The van der Waals surface area contributed by atoms with Crippen molar-refractivity contribution in [3.63, 3.8) is 0 Å². The second-order valence-electron chi connectivity index (χ2n) is 5.35. The first kappa shape index (κ1) is 17.5. The summed E-state index contributed by atoms with van der Waals surface area (Å²) in [5.41, 5.74) is 1.00. The number of urea groups is 1. The van der Waals surface area contributed by atoms with Crippen molar-refractivity contribution in [1.29, 1.82) is 0 Å². The molecule has 5 nitrogen and oxygen atoms in total. The summed E-state index contributed by atoms with van der Waals surface area (Å²) in [6, 6.07) is 7.67. The lowest BCUT2D eigenvalue weighted by Gasteiger charge is -2.30. The summed E-state index contributed by atoms with van der Waals surface area (Å²) < 4.78 is 6.02. The quantitative estimate of drug-likeness (QED) is 0.814. The van der Waals surface area contributed by atoms with Crippen LogP contribution in [0.15, 0.2) is 34.9 Å². The Morgan fingerprint density at radius 2 is 2.13 bits per heavy atom. The van der Waals surface area contributed by atoms with Gasteiger partial charge in [-0.2, -0.15) is 0 Å². The third-order valence-electron chi connectivity index (χ3n) is 3.73. The van der Waals surface area contributed by atoms with E-state index in [9.17, 15) is 9.59 Å². The predicted octanol–water partition coefficient (Wildman–Crippen LogP) is 3.40. The summed E-state index contributed by atoms with van der Waals surface area (Å²) in [7, 11) is 0. The maximum absolute atomic E-state index is 12.1. The molecule has 1 saturated heterocycles. The van der Waals surface area contributed by atoms with Gasteiger partial charge in [-0.15, -0.1) is 0 Å². The van der Waals surface area contributed by atoms with Crippen LogP contribution in [-0.4, -0.2) is 36.6 Å². The average molecular weight is 381 g/mol. The normalized spacial score (nSPS) is 15.7. The topological polar surface area (TPSA) is 58.6 Å². The van der Waals surface area contributed by atoms with E-state index in [4.69, 9.17) is 4.74 Å². The van der Waals surface area contributed by atoms with Gasteiger partial charge in [-0.25, -0.2) is 4.79 Å². The molecule has 1 N–H and O–H groups in total. The van der Waals surface area contributed by atoms with Crippen molar-refractivity contribution in [3.8, 4) is 0 Å². The fraction of sp³-hybridized carbons (Fsp3) is 0.412. The molecule has 1 aromatic rings. The van der Waals surface area contributed by atoms with Crippen LogP contribution < -0.4 is 5.32 Å². The maximum atomic E-state index is 12.1. The van der Waals surface area contributed by atoms with E-state index < -0.39 is 0 Å². The number of rotatable bonds is 4. The number of hydrogen-bond acceptors (Lipinski definition) is 3. The highest BCUT2D eigenvalue weighted by atomic mass is 79.9. The summed E-state index contributed by atoms with van der Waals surface area (Å²) in [6.45, 7) is 3.35. The number of carbonyl (C=O) groups excluding carboxylic acids is 2. The first-order valence-electron chi connectivity index (χ1n) is 7.74. The molecule has 0 spiro atoms. The van der Waals surface area contributed by atoms with E-state index >= 15 is 0 Å². The molecule has 124 valence electrons. The van der Waals surface area contributed by atoms with E-state index in [1.807, 2.05) is 30.3 Å². The van der Waals surface area contributed by atoms with Crippen molar-refractivity contribution in [1.82, 2.24) is 10.2 Å². The fourth-order valence-corrected chi connectivity index (χ4v) is 2.91. The van der Waals surface area contributed by atoms with Crippen molar-refractivity contribution < 1.29 is 14.3 Å². The van der Waals surface area contributed by atoms with Gasteiger partial charge in [-0.05, 0) is 43.5 Å². The Morgan fingerprint density at radius 1 is 1.39 bits per heavy atom. The smallest absolute Gasteiger partial charge is 0.321 e. The molecule has 2 amide bonds. The van der Waals surface area contributed by atoms with Crippen molar-refractivity contribution in [3.05, 3.63) is 40.5 Å². The van der Waals surface area contributed by atoms with Gasteiger partial charge in [0.15, 0.2) is 0 Å². The molecule has 6 heteroatoms. The molecule has 1 aromatic carbocycles. The highest BCUT2D eigenvalue weighted by Crippen LogP contribution is 2.18. The van der Waals surface area contributed by atoms with E-state index in [2.05, 4.69) is 21.2 Å². The Kier molecular flexibility index (Phi) is 6.65. The van der Waals surface area contributed by atoms with Crippen LogP contribution in [0, 0.1) is 5.92 Å². The van der Waals surface area contributed by atoms with Gasteiger partial charge in [0.05, 0.1) is 12.5 Å². The van der Waals surface area contributed by atoms with Crippen LogP contribution in [0.1, 0.15) is 25.3 Å². The minimum Gasteiger partial charge on any atom is -0.466 e. The number of esters is 1. The van der Waals surface area contributed by atoms with E-state index in [0.717, 1.165) is 10.0 Å². The van der Waals surface area contributed by atoms with E-state index in [1.165, 1.54) is 0 Å². The molecule has 0 unspecified atom stereocenters. The molecule has 1 heterocycles. The second-order valence-corrected chi connectivity index (χ2v) is 6.27. The molecule has 1 fully saturated rings. The summed E-state index contributed by atoms with van der Waals surface area (Å²) in [5.74, 6) is -0.238. The second kappa shape index (κ2) is 8.72. The first-order chi connectivity index (χ1) is 11.1. The Hall–Kier alpha value is -1.82. The van der Waals surface area contributed by atoms with Gasteiger partial charge >= 0.3 is 12.0 Å². The molecule has 0 aliphatic carbocycles. The number of nitrogens with one attached hydrogen (secondary N) is 1. The minimum absolute atomic E-state index is 0.0868. The number of benzene rings is 1. The number of hydrogen-bond donors (Lipinski definition) is 1. The number of halogens is 1. The molecule has 23 heavy (non-hydrogen) atoms. The van der Waals surface area contributed by atoms with Crippen molar-refractivity contribution >= 4 is 34.0 Å². The number of ether oxygens (including phenoxy) is 1. The molecular formula is C17H21BrN2O3. The third kappa shape index (κ3) is 5.39. The monoisotopic (exact) mass is 380 g/mol. The summed E-state index contributed by atoms with van der Waals surface area (Å²) in [5, 5.41) is 2.76. The largest absolute Gasteiger partial charge is 0.466 e. The Balaban J connectivity index is 1.78. The zero-order valence-electron chi connectivity index (χ0n) is 13.1. The van der Waals surface area contributed by atoms with Crippen molar-refractivity contribution in [2.45, 2.75) is 19.8 Å². The molecule has 0 atom stereocenters. The highest BCUT2D eigenvalue weighted by Gasteiger charge is 2.27. The highest BCUT2D eigenvalue weighted by molar-refractivity contribution is 9.10. The van der Waals surface area contributed by atoms with Crippen LogP contribution in [0.3, 0.4) is 0 Å². The molecular weight excluding hydrogens is 360 g/mol. The first-order valence-corrected chi connectivity index (χ1v) is 8.53. The van der Waals surface area contributed by atoms with Gasteiger partial charge < -0.3 is 15.0 Å². The number of piperidine rings is 1. The molecule has 1 aliphatic rings. The molecule has 1 aliphatic heterocycles. The lowest BCUT2D eigenvalue weighted by molar-refractivity contribution is -0.149. The minimum atomic E-state index is -0.151. The van der Waals surface area contributed by atoms with Crippen LogP contribution in [0.5, 0.6) is 0 Å². The van der Waals surface area contributed by atoms with Crippen LogP contribution >= 0.6 is 15.9 Å². The number of likely N-dealkylation sites (tertiary alicyclic amines) is 1. The van der Waals surface area contributed by atoms with E-state index in [1.54, 1.807) is 18.0 Å². The van der Waals surface area contributed by atoms with Crippen LogP contribution in [0.4, 0.5) is 4.79 Å².